The Morgan fingerprint density at radius 3 is 2.77 bits per heavy atom. The number of anilines is 1. The zero-order valence-electron chi connectivity index (χ0n) is 18.1. The van der Waals surface area contributed by atoms with Gasteiger partial charge in [-0.25, -0.2) is 4.98 Å². The highest BCUT2D eigenvalue weighted by atomic mass is 16.5. The second-order valence-corrected chi connectivity index (χ2v) is 8.81. The summed E-state index contributed by atoms with van der Waals surface area (Å²) in [5.74, 6) is 2.20. The number of pyridine rings is 1. The first kappa shape index (κ1) is 19.7. The molecule has 0 N–H and O–H groups in total. The molecule has 1 unspecified atom stereocenters. The maximum atomic E-state index is 13.0. The summed E-state index contributed by atoms with van der Waals surface area (Å²) in [7, 11) is 0. The first-order chi connectivity index (χ1) is 15.1. The Hall–Kier alpha value is -3.28. The number of nitrogens with zero attached hydrogens (tertiary/aromatic N) is 4. The Labute approximate surface area is 183 Å². The van der Waals surface area contributed by atoms with E-state index >= 15 is 0 Å². The van der Waals surface area contributed by atoms with Crippen LogP contribution in [0.2, 0.25) is 0 Å². The molecular formula is C25H28N4O2. The van der Waals surface area contributed by atoms with Crippen LogP contribution in [-0.2, 0) is 10.3 Å². The van der Waals surface area contributed by atoms with Crippen molar-refractivity contribution in [3.63, 3.8) is 0 Å². The van der Waals surface area contributed by atoms with Crippen LogP contribution < -0.4 is 9.64 Å². The predicted molar refractivity (Wildman–Crippen MR) is 121 cm³/mol. The molecule has 0 bridgehead atoms. The van der Waals surface area contributed by atoms with Gasteiger partial charge in [0.05, 0.1) is 11.4 Å². The van der Waals surface area contributed by atoms with Gasteiger partial charge in [-0.2, -0.15) is 0 Å². The van der Waals surface area contributed by atoms with E-state index < -0.39 is 0 Å². The van der Waals surface area contributed by atoms with Crippen molar-refractivity contribution in [1.29, 1.82) is 0 Å². The molecule has 31 heavy (non-hydrogen) atoms. The Kier molecular flexibility index (Phi) is 4.93. The van der Waals surface area contributed by atoms with E-state index in [4.69, 9.17) is 4.74 Å². The summed E-state index contributed by atoms with van der Waals surface area (Å²) in [5.41, 5.74) is 2.08. The second kappa shape index (κ2) is 7.76. The number of benzene rings is 1. The molecule has 4 heterocycles. The van der Waals surface area contributed by atoms with Crippen LogP contribution in [0.5, 0.6) is 5.75 Å². The van der Waals surface area contributed by atoms with Gasteiger partial charge in [0.1, 0.15) is 11.3 Å². The van der Waals surface area contributed by atoms with Gasteiger partial charge >= 0.3 is 0 Å². The fraction of sp³-hybridized carbons (Fsp3) is 0.360. The summed E-state index contributed by atoms with van der Waals surface area (Å²) in [4.78, 5) is 22.2. The number of rotatable bonds is 5. The molecule has 2 aromatic heterocycles. The number of hydrogen-bond donors (Lipinski definition) is 0. The van der Waals surface area contributed by atoms with Gasteiger partial charge in [0.15, 0.2) is 12.4 Å². The van der Waals surface area contributed by atoms with E-state index in [1.54, 1.807) is 0 Å². The zero-order chi connectivity index (χ0) is 21.4. The first-order valence-electron chi connectivity index (χ1n) is 10.9. The molecule has 1 spiro atoms. The molecule has 2 aliphatic heterocycles. The lowest BCUT2D eigenvalue weighted by Crippen LogP contribution is -2.54. The number of amides is 1. The summed E-state index contributed by atoms with van der Waals surface area (Å²) in [6, 6.07) is 17.9. The maximum Gasteiger partial charge on any atom is 0.260 e. The molecule has 0 saturated carbocycles. The van der Waals surface area contributed by atoms with E-state index in [-0.39, 0.29) is 18.1 Å². The Bertz CT molecular complexity index is 1080. The number of aromatic nitrogens is 2. The van der Waals surface area contributed by atoms with Crippen LogP contribution in [0.15, 0.2) is 67.0 Å². The third-order valence-corrected chi connectivity index (χ3v) is 6.28. The van der Waals surface area contributed by atoms with Crippen molar-refractivity contribution in [1.82, 2.24) is 14.5 Å². The van der Waals surface area contributed by atoms with Gasteiger partial charge in [-0.05, 0) is 48.7 Å². The van der Waals surface area contributed by atoms with Crippen molar-refractivity contribution in [3.05, 3.63) is 72.7 Å². The molecule has 1 amide bonds. The summed E-state index contributed by atoms with van der Waals surface area (Å²) in [5, 5.41) is 0. The Balaban J connectivity index is 1.44. The minimum Gasteiger partial charge on any atom is -0.484 e. The minimum atomic E-state index is -0.258. The Morgan fingerprint density at radius 2 is 1.97 bits per heavy atom. The monoisotopic (exact) mass is 416 g/mol. The lowest BCUT2D eigenvalue weighted by molar-refractivity contribution is -0.132. The van der Waals surface area contributed by atoms with Crippen molar-refractivity contribution in [2.45, 2.75) is 25.8 Å². The van der Waals surface area contributed by atoms with Crippen LogP contribution in [0.1, 0.15) is 26.0 Å². The standard InChI is InChI=1S/C25H28N4O2/c1-19(2)16-29-21-10-6-13-26-24(21)28-14-7-11-22(28)25(29)12-15-27(18-25)23(30)17-31-20-8-4-3-5-9-20/h3-11,13-14,19H,12,15-18H2,1-2H3. The molecule has 6 nitrogen and oxygen atoms in total. The molecule has 3 aromatic rings. The number of carbonyl (C=O) groups excluding carboxylic acids is 1. The number of hydrogen-bond acceptors (Lipinski definition) is 4. The van der Waals surface area contributed by atoms with Gasteiger partial charge in [0.25, 0.3) is 5.91 Å². The van der Waals surface area contributed by atoms with Gasteiger partial charge in [-0.1, -0.05) is 32.0 Å². The van der Waals surface area contributed by atoms with Crippen LogP contribution in [0.3, 0.4) is 0 Å². The smallest absolute Gasteiger partial charge is 0.260 e. The molecule has 0 aliphatic carbocycles. The van der Waals surface area contributed by atoms with Crippen molar-refractivity contribution in [2.75, 3.05) is 31.1 Å². The summed E-state index contributed by atoms with van der Waals surface area (Å²) < 4.78 is 7.93. The highest BCUT2D eigenvalue weighted by Crippen LogP contribution is 2.47. The van der Waals surface area contributed by atoms with E-state index in [2.05, 4.69) is 52.7 Å². The van der Waals surface area contributed by atoms with Gasteiger partial charge in [-0.3, -0.25) is 4.79 Å². The zero-order valence-corrected chi connectivity index (χ0v) is 18.1. The quantitative estimate of drug-likeness (QED) is 0.634. The average molecular weight is 417 g/mol. The van der Waals surface area contributed by atoms with Crippen molar-refractivity contribution >= 4 is 11.6 Å². The molecule has 1 saturated heterocycles. The van der Waals surface area contributed by atoms with Crippen LogP contribution in [-0.4, -0.2) is 46.6 Å². The van der Waals surface area contributed by atoms with E-state index in [1.807, 2.05) is 47.5 Å². The fourth-order valence-electron chi connectivity index (χ4n) is 4.93. The van der Waals surface area contributed by atoms with Crippen molar-refractivity contribution < 1.29 is 9.53 Å². The third kappa shape index (κ3) is 3.36. The normalized spacial score (nSPS) is 19.6. The topological polar surface area (TPSA) is 50.6 Å². The largest absolute Gasteiger partial charge is 0.484 e. The molecule has 1 aromatic carbocycles. The Morgan fingerprint density at radius 1 is 1.13 bits per heavy atom. The molecule has 160 valence electrons. The third-order valence-electron chi connectivity index (χ3n) is 6.28. The lowest BCUT2D eigenvalue weighted by atomic mass is 9.88. The average Bonchev–Trinajstić information content (AvgIpc) is 3.45. The number of para-hydroxylation sites is 1. The van der Waals surface area contributed by atoms with Crippen molar-refractivity contribution in [2.24, 2.45) is 5.92 Å². The fourth-order valence-corrected chi connectivity index (χ4v) is 4.93. The van der Waals surface area contributed by atoms with Crippen LogP contribution in [0.25, 0.3) is 5.82 Å². The maximum absolute atomic E-state index is 13.0. The molecule has 2 aliphatic rings. The number of ether oxygens (including phenoxy) is 1. The molecule has 0 radical (unpaired) electrons. The van der Waals surface area contributed by atoms with E-state index in [1.165, 1.54) is 5.69 Å². The number of likely N-dealkylation sites (tertiary alicyclic amines) is 1. The molecule has 5 rings (SSSR count). The summed E-state index contributed by atoms with van der Waals surface area (Å²) in [6.45, 7) is 6.81. The minimum absolute atomic E-state index is 0.0281. The van der Waals surface area contributed by atoms with Gasteiger partial charge in [0, 0.05) is 32.0 Å². The first-order valence-corrected chi connectivity index (χ1v) is 10.9. The molecular weight excluding hydrogens is 388 g/mol. The van der Waals surface area contributed by atoms with E-state index in [0.717, 1.165) is 30.2 Å². The molecule has 1 atom stereocenters. The van der Waals surface area contributed by atoms with E-state index in [9.17, 15) is 4.79 Å². The highest BCUT2D eigenvalue weighted by Gasteiger charge is 2.50. The lowest BCUT2D eigenvalue weighted by Gasteiger charge is -2.47. The van der Waals surface area contributed by atoms with Gasteiger partial charge in [0.2, 0.25) is 0 Å². The van der Waals surface area contributed by atoms with Gasteiger partial charge < -0.3 is 19.1 Å². The van der Waals surface area contributed by atoms with E-state index in [0.29, 0.717) is 19.0 Å². The van der Waals surface area contributed by atoms with Crippen molar-refractivity contribution in [3.8, 4) is 11.6 Å². The second-order valence-electron chi connectivity index (χ2n) is 8.81. The van der Waals surface area contributed by atoms with Crippen LogP contribution in [0, 0.1) is 5.92 Å². The molecule has 6 heteroatoms. The van der Waals surface area contributed by atoms with Crippen LogP contribution in [0.4, 0.5) is 5.69 Å². The highest BCUT2D eigenvalue weighted by molar-refractivity contribution is 5.79. The molecule has 1 fully saturated rings. The number of fused-ring (bicyclic) bond motifs is 4. The predicted octanol–water partition coefficient (Wildman–Crippen LogP) is 3.85. The summed E-state index contributed by atoms with van der Waals surface area (Å²) >= 11 is 0. The van der Waals surface area contributed by atoms with Gasteiger partial charge in [-0.15, -0.1) is 0 Å². The van der Waals surface area contributed by atoms with Crippen LogP contribution >= 0.6 is 0 Å². The SMILES string of the molecule is CC(C)CN1c2cccnc2-n2cccc2C12CCN(C(=O)COc1ccccc1)C2. The number of carbonyl (C=O) groups is 1. The summed E-state index contributed by atoms with van der Waals surface area (Å²) in [6.07, 6.45) is 4.81.